The summed E-state index contributed by atoms with van der Waals surface area (Å²) in [6.45, 7) is 1.68. The number of carbonyl (C=O) groups is 2. The first-order valence-corrected chi connectivity index (χ1v) is 12.8. The maximum Gasteiger partial charge on any atom is 0.417 e. The number of nitrogens with zero attached hydrogens (tertiary/aromatic N) is 1. The van der Waals surface area contributed by atoms with Gasteiger partial charge in [-0.3, -0.25) is 9.59 Å². The van der Waals surface area contributed by atoms with Crippen LogP contribution in [0, 0.1) is 6.92 Å². The number of aromatic amines is 1. The largest absolute Gasteiger partial charge is 0.417 e. The van der Waals surface area contributed by atoms with Crippen LogP contribution < -0.4 is 10.6 Å². The molecule has 1 heterocycles. The number of carbonyl (C=O) groups excluding carboxylic acids is 2. The Balaban J connectivity index is 1.79. The van der Waals surface area contributed by atoms with Gasteiger partial charge in [0.15, 0.2) is 0 Å². The lowest BCUT2D eigenvalue weighted by molar-refractivity contribution is -0.137. The van der Waals surface area contributed by atoms with E-state index in [1.165, 1.54) is 18.2 Å². The fourth-order valence-corrected chi connectivity index (χ4v) is 4.30. The second kappa shape index (κ2) is 9.52. The molecule has 0 spiro atoms. The number of benzene rings is 3. The summed E-state index contributed by atoms with van der Waals surface area (Å²) in [4.78, 5) is 32.6. The van der Waals surface area contributed by atoms with Crippen LogP contribution in [0.1, 0.15) is 31.8 Å². The third kappa shape index (κ3) is 5.44. The molecule has 4 rings (SSSR count). The number of sulfone groups is 1. The Morgan fingerprint density at radius 2 is 1.65 bits per heavy atom. The fraction of sp³-hybridized carbons (Fsp3) is 0.125. The topological polar surface area (TPSA) is 121 Å². The maximum atomic E-state index is 13.4. The lowest BCUT2D eigenvalue weighted by Crippen LogP contribution is -2.19. The molecule has 3 aromatic carbocycles. The highest BCUT2D eigenvalue weighted by atomic mass is 35.5. The number of alkyl halides is 3. The van der Waals surface area contributed by atoms with Gasteiger partial charge in [0.1, 0.15) is 5.52 Å². The Kier molecular flexibility index (Phi) is 6.74. The third-order valence-corrected chi connectivity index (χ3v) is 6.72. The average Bonchev–Trinajstić information content (AvgIpc) is 3.26. The molecule has 0 atom stereocenters. The highest BCUT2D eigenvalue weighted by Crippen LogP contribution is 2.33. The molecule has 8 nitrogen and oxygen atoms in total. The molecule has 0 aliphatic carbocycles. The lowest BCUT2D eigenvalue weighted by atomic mass is 10.1. The zero-order chi connectivity index (χ0) is 27.1. The quantitative estimate of drug-likeness (QED) is 0.305. The lowest BCUT2D eigenvalue weighted by Gasteiger charge is -2.14. The molecule has 0 radical (unpaired) electrons. The van der Waals surface area contributed by atoms with Gasteiger partial charge in [-0.15, -0.1) is 0 Å². The van der Waals surface area contributed by atoms with Crippen molar-refractivity contribution in [3.8, 4) is 0 Å². The van der Waals surface area contributed by atoms with Gasteiger partial charge in [0.05, 0.1) is 22.2 Å². The van der Waals surface area contributed by atoms with Gasteiger partial charge in [0.2, 0.25) is 15.0 Å². The molecule has 4 aromatic rings. The van der Waals surface area contributed by atoms with Gasteiger partial charge in [0.25, 0.3) is 11.8 Å². The van der Waals surface area contributed by atoms with Crippen LogP contribution in [0.5, 0.6) is 0 Å². The fourth-order valence-electron chi connectivity index (χ4n) is 3.58. The Hall–Kier alpha value is -3.90. The molecule has 2 amide bonds. The van der Waals surface area contributed by atoms with E-state index < -0.39 is 44.1 Å². The van der Waals surface area contributed by atoms with Crippen LogP contribution in [-0.2, 0) is 16.0 Å². The number of hydrogen-bond donors (Lipinski definition) is 3. The number of aromatic nitrogens is 2. The standard InChI is InChI=1S/C24H18ClF3N4O4S/c1-12-17(25)8-5-9-18(12)30-22(34)15-10-13(11-19-20(15)32-23(31-19)37(2,35)36)29-21(33)14-6-3-4-7-16(14)24(26,27)28/h3-11H,1-2H3,(H,29,33)(H,30,34)(H,31,32). The molecule has 0 unspecified atom stereocenters. The van der Waals surface area contributed by atoms with E-state index in [2.05, 4.69) is 20.6 Å². The monoisotopic (exact) mass is 550 g/mol. The second-order valence-corrected chi connectivity index (χ2v) is 10.4. The highest BCUT2D eigenvalue weighted by Gasteiger charge is 2.35. The number of halogens is 4. The first kappa shape index (κ1) is 26.2. The number of fused-ring (bicyclic) bond motifs is 1. The number of rotatable bonds is 5. The van der Waals surface area contributed by atoms with E-state index in [0.717, 1.165) is 24.5 Å². The van der Waals surface area contributed by atoms with Crippen molar-refractivity contribution in [3.63, 3.8) is 0 Å². The van der Waals surface area contributed by atoms with Gasteiger partial charge in [0, 0.05) is 22.7 Å². The molecule has 0 aliphatic rings. The Labute approximate surface area is 213 Å². The van der Waals surface area contributed by atoms with Crippen LogP contribution in [-0.4, -0.2) is 36.5 Å². The predicted octanol–water partition coefficient (Wildman–Crippen LogP) is 5.45. The van der Waals surface area contributed by atoms with E-state index >= 15 is 0 Å². The molecular weight excluding hydrogens is 533 g/mol. The van der Waals surface area contributed by atoms with E-state index in [9.17, 15) is 31.2 Å². The summed E-state index contributed by atoms with van der Waals surface area (Å²) in [7, 11) is -3.81. The van der Waals surface area contributed by atoms with Crippen molar-refractivity contribution in [1.82, 2.24) is 9.97 Å². The van der Waals surface area contributed by atoms with Crippen LogP contribution in [0.2, 0.25) is 5.02 Å². The Morgan fingerprint density at radius 1 is 0.973 bits per heavy atom. The summed E-state index contributed by atoms with van der Waals surface area (Å²) in [5.41, 5.74) is -0.977. The minimum atomic E-state index is -4.77. The van der Waals surface area contributed by atoms with Crippen LogP contribution in [0.3, 0.4) is 0 Å². The van der Waals surface area contributed by atoms with Gasteiger partial charge in [-0.25, -0.2) is 13.4 Å². The number of imidazole rings is 1. The molecule has 37 heavy (non-hydrogen) atoms. The zero-order valence-corrected chi connectivity index (χ0v) is 20.8. The Morgan fingerprint density at radius 3 is 2.32 bits per heavy atom. The summed E-state index contributed by atoms with van der Waals surface area (Å²) >= 11 is 6.11. The third-order valence-electron chi connectivity index (χ3n) is 5.41. The van der Waals surface area contributed by atoms with Gasteiger partial charge >= 0.3 is 6.18 Å². The van der Waals surface area contributed by atoms with Crippen molar-refractivity contribution in [3.05, 3.63) is 81.9 Å². The van der Waals surface area contributed by atoms with Gasteiger partial charge < -0.3 is 15.6 Å². The zero-order valence-electron chi connectivity index (χ0n) is 19.2. The van der Waals surface area contributed by atoms with Crippen LogP contribution in [0.25, 0.3) is 11.0 Å². The van der Waals surface area contributed by atoms with E-state index in [-0.39, 0.29) is 22.3 Å². The minimum absolute atomic E-state index is 0.0219. The summed E-state index contributed by atoms with van der Waals surface area (Å²) in [6, 6.07) is 11.5. The van der Waals surface area contributed by atoms with Crippen molar-refractivity contribution in [2.45, 2.75) is 18.3 Å². The molecule has 1 aromatic heterocycles. The molecule has 0 aliphatic heterocycles. The summed E-state index contributed by atoms with van der Waals surface area (Å²) < 4.78 is 64.3. The van der Waals surface area contributed by atoms with Crippen LogP contribution >= 0.6 is 11.6 Å². The van der Waals surface area contributed by atoms with E-state index in [1.54, 1.807) is 25.1 Å². The number of H-pyrrole nitrogens is 1. The smallest absolute Gasteiger partial charge is 0.329 e. The molecular formula is C24H18ClF3N4O4S. The summed E-state index contributed by atoms with van der Waals surface area (Å²) in [6.07, 6.45) is -3.86. The predicted molar refractivity (Wildman–Crippen MR) is 133 cm³/mol. The number of hydrogen-bond acceptors (Lipinski definition) is 5. The molecule has 0 saturated heterocycles. The summed E-state index contributed by atoms with van der Waals surface area (Å²) in [5, 5.41) is 4.98. The Bertz CT molecular complexity index is 1670. The van der Waals surface area contributed by atoms with Crippen LogP contribution in [0.15, 0.2) is 59.8 Å². The van der Waals surface area contributed by atoms with Gasteiger partial charge in [-0.05, 0) is 48.9 Å². The minimum Gasteiger partial charge on any atom is -0.329 e. The number of anilines is 2. The molecule has 192 valence electrons. The van der Waals surface area contributed by atoms with Gasteiger partial charge in [-0.1, -0.05) is 29.8 Å². The van der Waals surface area contributed by atoms with Gasteiger partial charge in [-0.2, -0.15) is 13.2 Å². The first-order chi connectivity index (χ1) is 17.3. The molecule has 13 heteroatoms. The molecule has 0 fully saturated rings. The van der Waals surface area contributed by atoms with Crippen molar-refractivity contribution in [1.29, 1.82) is 0 Å². The number of nitrogens with one attached hydrogen (secondary N) is 3. The van der Waals surface area contributed by atoms with Crippen molar-refractivity contribution in [2.75, 3.05) is 16.9 Å². The summed E-state index contributed by atoms with van der Waals surface area (Å²) in [5.74, 6) is -1.79. The normalized spacial score (nSPS) is 11.9. The van der Waals surface area contributed by atoms with Crippen LogP contribution in [0.4, 0.5) is 24.5 Å². The second-order valence-electron chi connectivity index (χ2n) is 8.10. The molecule has 0 saturated carbocycles. The first-order valence-electron chi connectivity index (χ1n) is 10.5. The SMILES string of the molecule is Cc1c(Cl)cccc1NC(=O)c1cc(NC(=O)c2ccccc2C(F)(F)F)cc2[nH]c(S(C)(=O)=O)nc12. The van der Waals surface area contributed by atoms with E-state index in [0.29, 0.717) is 16.3 Å². The maximum absolute atomic E-state index is 13.4. The van der Waals surface area contributed by atoms with E-state index in [4.69, 9.17) is 11.6 Å². The average molecular weight is 551 g/mol. The van der Waals surface area contributed by atoms with Crippen molar-refractivity contribution < 1.29 is 31.2 Å². The van der Waals surface area contributed by atoms with Crippen molar-refractivity contribution in [2.24, 2.45) is 0 Å². The molecule has 3 N–H and O–H groups in total. The van der Waals surface area contributed by atoms with Crippen molar-refractivity contribution >= 4 is 55.7 Å². The highest BCUT2D eigenvalue weighted by molar-refractivity contribution is 7.90. The number of amides is 2. The van der Waals surface area contributed by atoms with E-state index in [1.807, 2.05) is 0 Å². The molecule has 0 bridgehead atoms.